The number of benzene rings is 1. The van der Waals surface area contributed by atoms with Gasteiger partial charge in [-0.25, -0.2) is 19.4 Å². The third kappa shape index (κ3) is 3.68. The van der Waals surface area contributed by atoms with Crippen molar-refractivity contribution in [1.29, 1.82) is 0 Å². The Morgan fingerprint density at radius 3 is 2.56 bits per heavy atom. The number of hydrogen-bond donors (Lipinski definition) is 0. The van der Waals surface area contributed by atoms with Crippen LogP contribution in [0.2, 0.25) is 0 Å². The van der Waals surface area contributed by atoms with E-state index in [1.54, 1.807) is 12.3 Å². The number of rotatable bonds is 6. The van der Waals surface area contributed by atoms with Crippen molar-refractivity contribution < 1.29 is 9.53 Å². The molecule has 0 aliphatic carbocycles. The normalized spacial score (nSPS) is 13.8. The van der Waals surface area contributed by atoms with Gasteiger partial charge in [-0.2, -0.15) is 5.10 Å². The molecule has 0 atom stereocenters. The molecule has 3 aromatic rings. The molecule has 1 aliphatic heterocycles. The van der Waals surface area contributed by atoms with Gasteiger partial charge in [0.1, 0.15) is 11.4 Å². The van der Waals surface area contributed by atoms with Crippen LogP contribution in [0.4, 0.5) is 11.4 Å². The van der Waals surface area contributed by atoms with E-state index in [4.69, 9.17) is 14.7 Å². The number of aliphatic imine (C=N–C) groups is 1. The van der Waals surface area contributed by atoms with E-state index in [0.29, 0.717) is 28.6 Å². The number of hydrogen-bond acceptors (Lipinski definition) is 7. The maximum Gasteiger partial charge on any atom is 0.359 e. The first-order valence-electron chi connectivity index (χ1n) is 10.6. The quantitative estimate of drug-likeness (QED) is 0.546. The highest BCUT2D eigenvalue weighted by atomic mass is 16.5. The van der Waals surface area contributed by atoms with Crippen LogP contribution >= 0.6 is 0 Å². The van der Waals surface area contributed by atoms with Crippen molar-refractivity contribution in [3.05, 3.63) is 59.7 Å². The number of imidazole rings is 1. The van der Waals surface area contributed by atoms with Crippen molar-refractivity contribution in [2.45, 2.75) is 27.7 Å². The standard InChI is InChI=1S/C24H26N6O2/c1-6-29(7-2)17-11-12-18(15(3)14-17)26-20-16(4)28-30-22(24(31)32-5)21(27-23(20)30)19-10-8-9-13-25-19/h8-14H,6-7H2,1-5H3. The molecule has 0 saturated heterocycles. The number of fused-ring (bicyclic) bond motifs is 1. The van der Waals surface area contributed by atoms with Gasteiger partial charge in [0.2, 0.25) is 0 Å². The number of aryl methyl sites for hydroxylation is 1. The van der Waals surface area contributed by atoms with Gasteiger partial charge in [0.15, 0.2) is 11.5 Å². The molecule has 1 aromatic carbocycles. The molecule has 0 radical (unpaired) electrons. The average molecular weight is 431 g/mol. The van der Waals surface area contributed by atoms with Gasteiger partial charge in [0.25, 0.3) is 0 Å². The number of methoxy groups -OCH3 is 1. The molecule has 2 aromatic heterocycles. The van der Waals surface area contributed by atoms with Crippen LogP contribution in [0.5, 0.6) is 0 Å². The van der Waals surface area contributed by atoms with Gasteiger partial charge in [-0.15, -0.1) is 0 Å². The minimum atomic E-state index is -0.526. The molecule has 164 valence electrons. The fourth-order valence-corrected chi connectivity index (χ4v) is 3.79. The minimum absolute atomic E-state index is 0.236. The van der Waals surface area contributed by atoms with Crippen molar-refractivity contribution >= 4 is 28.8 Å². The molecule has 0 fully saturated rings. The zero-order valence-electron chi connectivity index (χ0n) is 19.0. The van der Waals surface area contributed by atoms with E-state index >= 15 is 0 Å². The number of pyridine rings is 1. The largest absolute Gasteiger partial charge is 0.464 e. The number of carbonyl (C=O) groups is 1. The fourth-order valence-electron chi connectivity index (χ4n) is 3.79. The Kier molecular flexibility index (Phi) is 5.85. The number of ether oxygens (including phenoxy) is 1. The summed E-state index contributed by atoms with van der Waals surface area (Å²) in [5.74, 6) is -0.0299. The topological polar surface area (TPSA) is 85.0 Å². The lowest BCUT2D eigenvalue weighted by molar-refractivity contribution is 0.0590. The number of esters is 1. The fraction of sp³-hybridized carbons (Fsp3) is 0.292. The molecule has 8 nitrogen and oxygen atoms in total. The molecule has 0 saturated carbocycles. The van der Waals surface area contributed by atoms with Crippen LogP contribution in [0.1, 0.15) is 42.6 Å². The summed E-state index contributed by atoms with van der Waals surface area (Å²) in [4.78, 5) is 28.8. The van der Waals surface area contributed by atoms with Crippen LogP contribution in [-0.4, -0.2) is 52.2 Å². The van der Waals surface area contributed by atoms with Gasteiger partial charge in [0, 0.05) is 25.0 Å². The number of aromatic nitrogens is 3. The smallest absolute Gasteiger partial charge is 0.359 e. The average Bonchev–Trinajstić information content (AvgIpc) is 3.31. The molecule has 0 bridgehead atoms. The SMILES string of the molecule is CCN(CC)c1ccc(N=C2C(C)=Nn3c2nc(-c2ccccn2)c3C(=O)OC)c(C)c1. The van der Waals surface area contributed by atoms with Crippen molar-refractivity contribution in [2.75, 3.05) is 25.1 Å². The van der Waals surface area contributed by atoms with Crippen LogP contribution in [-0.2, 0) is 4.74 Å². The highest BCUT2D eigenvalue weighted by Crippen LogP contribution is 2.30. The highest BCUT2D eigenvalue weighted by molar-refractivity contribution is 6.48. The van der Waals surface area contributed by atoms with Crippen molar-refractivity contribution in [1.82, 2.24) is 14.6 Å². The maximum atomic E-state index is 12.6. The number of carbonyl (C=O) groups excluding carboxylic acids is 1. The Morgan fingerprint density at radius 1 is 1.16 bits per heavy atom. The van der Waals surface area contributed by atoms with E-state index in [0.717, 1.165) is 24.3 Å². The minimum Gasteiger partial charge on any atom is -0.464 e. The molecule has 8 heteroatoms. The monoisotopic (exact) mass is 430 g/mol. The van der Waals surface area contributed by atoms with Crippen LogP contribution < -0.4 is 4.90 Å². The molecule has 3 heterocycles. The van der Waals surface area contributed by atoms with E-state index in [2.05, 4.69) is 41.0 Å². The molecule has 32 heavy (non-hydrogen) atoms. The van der Waals surface area contributed by atoms with Gasteiger partial charge < -0.3 is 9.64 Å². The van der Waals surface area contributed by atoms with E-state index in [-0.39, 0.29) is 5.69 Å². The maximum absolute atomic E-state index is 12.6. The lowest BCUT2D eigenvalue weighted by Crippen LogP contribution is -2.21. The van der Waals surface area contributed by atoms with Crippen LogP contribution in [0.15, 0.2) is 52.7 Å². The van der Waals surface area contributed by atoms with Crippen LogP contribution in [0.25, 0.3) is 11.4 Å². The summed E-state index contributed by atoms with van der Waals surface area (Å²) in [5.41, 5.74) is 5.58. The lowest BCUT2D eigenvalue weighted by atomic mass is 10.1. The summed E-state index contributed by atoms with van der Waals surface area (Å²) in [5, 5.41) is 4.55. The van der Waals surface area contributed by atoms with E-state index < -0.39 is 5.97 Å². The van der Waals surface area contributed by atoms with Gasteiger partial charge in [-0.3, -0.25) is 4.98 Å². The molecule has 0 unspecified atom stereocenters. The van der Waals surface area contributed by atoms with E-state index in [9.17, 15) is 4.79 Å². The van der Waals surface area contributed by atoms with Crippen molar-refractivity contribution in [2.24, 2.45) is 10.1 Å². The number of nitrogens with zero attached hydrogens (tertiary/aromatic N) is 6. The molecule has 1 aliphatic rings. The molecule has 0 N–H and O–H groups in total. The first kappa shape index (κ1) is 21.4. The van der Waals surface area contributed by atoms with E-state index in [1.165, 1.54) is 17.5 Å². The molecule has 0 spiro atoms. The summed E-state index contributed by atoms with van der Waals surface area (Å²) in [7, 11) is 1.34. The van der Waals surface area contributed by atoms with Gasteiger partial charge in [0.05, 0.1) is 24.2 Å². The van der Waals surface area contributed by atoms with Gasteiger partial charge in [-0.05, 0) is 63.6 Å². The number of anilines is 1. The summed E-state index contributed by atoms with van der Waals surface area (Å²) in [6.07, 6.45) is 1.66. The summed E-state index contributed by atoms with van der Waals surface area (Å²) < 4.78 is 6.51. The van der Waals surface area contributed by atoms with Gasteiger partial charge >= 0.3 is 5.97 Å². The molecule has 0 amide bonds. The Balaban J connectivity index is 1.82. The van der Waals surface area contributed by atoms with Crippen molar-refractivity contribution in [3.63, 3.8) is 0 Å². The molecule has 4 rings (SSSR count). The molecular formula is C24H26N6O2. The second kappa shape index (κ2) is 8.74. The second-order valence-corrected chi connectivity index (χ2v) is 7.44. The summed E-state index contributed by atoms with van der Waals surface area (Å²) in [6, 6.07) is 11.7. The Bertz CT molecular complexity index is 1220. The summed E-state index contributed by atoms with van der Waals surface area (Å²) >= 11 is 0. The Morgan fingerprint density at radius 2 is 1.94 bits per heavy atom. The zero-order valence-corrected chi connectivity index (χ0v) is 19.0. The summed E-state index contributed by atoms with van der Waals surface area (Å²) in [6.45, 7) is 10.1. The predicted molar refractivity (Wildman–Crippen MR) is 126 cm³/mol. The zero-order chi connectivity index (χ0) is 22.8. The third-order valence-corrected chi connectivity index (χ3v) is 5.49. The predicted octanol–water partition coefficient (Wildman–Crippen LogP) is 4.24. The third-order valence-electron chi connectivity index (χ3n) is 5.49. The van der Waals surface area contributed by atoms with Gasteiger partial charge in [-0.1, -0.05) is 6.07 Å². The molecular weight excluding hydrogens is 404 g/mol. The highest BCUT2D eigenvalue weighted by Gasteiger charge is 2.32. The lowest BCUT2D eigenvalue weighted by Gasteiger charge is -2.21. The first-order chi connectivity index (χ1) is 15.5. The van der Waals surface area contributed by atoms with Crippen LogP contribution in [0, 0.1) is 6.92 Å². The Labute approximate surface area is 187 Å². The Hall–Kier alpha value is -3.81. The second-order valence-electron chi connectivity index (χ2n) is 7.44. The van der Waals surface area contributed by atoms with E-state index in [1.807, 2.05) is 32.0 Å². The van der Waals surface area contributed by atoms with Crippen LogP contribution in [0.3, 0.4) is 0 Å². The first-order valence-corrected chi connectivity index (χ1v) is 10.6. The van der Waals surface area contributed by atoms with Crippen molar-refractivity contribution in [3.8, 4) is 11.4 Å².